The minimum atomic E-state index is 0.620. The number of anilines is 1. The third-order valence-corrected chi connectivity index (χ3v) is 4.54. The van der Waals surface area contributed by atoms with Crippen LogP contribution in [0.2, 0.25) is 0 Å². The molecular formula is C20H26N2. The zero-order valence-electron chi connectivity index (χ0n) is 13.5. The molecule has 0 saturated carbocycles. The van der Waals surface area contributed by atoms with Crippen LogP contribution in [0.4, 0.5) is 5.69 Å². The van der Waals surface area contributed by atoms with E-state index in [4.69, 9.17) is 0 Å². The van der Waals surface area contributed by atoms with Gasteiger partial charge in [0.05, 0.1) is 0 Å². The second kappa shape index (κ2) is 7.46. The molecule has 1 aliphatic heterocycles. The molecule has 1 saturated heterocycles. The Kier molecular flexibility index (Phi) is 5.12. The van der Waals surface area contributed by atoms with E-state index >= 15 is 0 Å². The number of likely N-dealkylation sites (tertiary alicyclic amines) is 1. The lowest BCUT2D eigenvalue weighted by molar-refractivity contribution is 0.221. The van der Waals surface area contributed by atoms with Crippen LogP contribution in [0.5, 0.6) is 0 Å². The molecule has 1 heterocycles. The van der Waals surface area contributed by atoms with Crippen molar-refractivity contribution in [2.75, 3.05) is 25.0 Å². The van der Waals surface area contributed by atoms with Gasteiger partial charge in [0.15, 0.2) is 0 Å². The van der Waals surface area contributed by atoms with Crippen LogP contribution in [-0.4, -0.2) is 30.6 Å². The van der Waals surface area contributed by atoms with Gasteiger partial charge in [-0.05, 0) is 49.4 Å². The van der Waals surface area contributed by atoms with E-state index in [9.17, 15) is 0 Å². The van der Waals surface area contributed by atoms with Crippen molar-refractivity contribution in [3.05, 3.63) is 65.7 Å². The van der Waals surface area contributed by atoms with Crippen molar-refractivity contribution in [3.8, 4) is 0 Å². The highest BCUT2D eigenvalue weighted by Gasteiger charge is 2.18. The van der Waals surface area contributed by atoms with Crippen molar-refractivity contribution < 1.29 is 0 Å². The number of nitrogens with one attached hydrogen (secondary N) is 1. The van der Waals surface area contributed by atoms with Gasteiger partial charge in [0, 0.05) is 31.4 Å². The topological polar surface area (TPSA) is 15.3 Å². The molecule has 1 N–H and O–H groups in total. The lowest BCUT2D eigenvalue weighted by Gasteiger charge is -2.33. The van der Waals surface area contributed by atoms with Gasteiger partial charge in [0.25, 0.3) is 0 Å². The molecule has 0 aliphatic carbocycles. The molecule has 1 aliphatic rings. The van der Waals surface area contributed by atoms with Crippen molar-refractivity contribution in [2.24, 2.45) is 0 Å². The molecule has 2 heteroatoms. The van der Waals surface area contributed by atoms with E-state index in [0.717, 1.165) is 6.42 Å². The molecule has 2 aromatic carbocycles. The predicted octanol–water partition coefficient (Wildman–Crippen LogP) is 4.11. The Bertz CT molecular complexity index is 571. The fraction of sp³-hybridized carbons (Fsp3) is 0.400. The summed E-state index contributed by atoms with van der Waals surface area (Å²) in [7, 11) is 0. The molecule has 0 unspecified atom stereocenters. The molecule has 116 valence electrons. The van der Waals surface area contributed by atoms with Gasteiger partial charge >= 0.3 is 0 Å². The average molecular weight is 294 g/mol. The molecule has 2 aromatic rings. The lowest BCUT2D eigenvalue weighted by Crippen LogP contribution is -2.40. The number of hydrogen-bond donors (Lipinski definition) is 1. The maximum atomic E-state index is 3.69. The fourth-order valence-electron chi connectivity index (χ4n) is 3.20. The molecule has 0 spiro atoms. The highest BCUT2D eigenvalue weighted by Crippen LogP contribution is 2.18. The molecule has 0 bridgehead atoms. The van der Waals surface area contributed by atoms with Crippen LogP contribution >= 0.6 is 0 Å². The van der Waals surface area contributed by atoms with Crippen LogP contribution in [0, 0.1) is 6.92 Å². The van der Waals surface area contributed by atoms with Gasteiger partial charge in [-0.15, -0.1) is 0 Å². The first-order valence-corrected chi connectivity index (χ1v) is 8.39. The summed E-state index contributed by atoms with van der Waals surface area (Å²) in [5, 5.41) is 3.69. The summed E-state index contributed by atoms with van der Waals surface area (Å²) < 4.78 is 0. The van der Waals surface area contributed by atoms with Crippen LogP contribution in [-0.2, 0) is 6.42 Å². The standard InChI is InChI=1S/C20H26N2/c1-17-6-5-9-20(16-17)21-19-11-14-22(15-12-19)13-10-18-7-3-2-4-8-18/h2-9,16,19,21H,10-15H2,1H3. The fourth-order valence-corrected chi connectivity index (χ4v) is 3.20. The van der Waals surface area contributed by atoms with Gasteiger partial charge in [-0.1, -0.05) is 42.5 Å². The van der Waals surface area contributed by atoms with E-state index in [-0.39, 0.29) is 0 Å². The van der Waals surface area contributed by atoms with Gasteiger partial charge in [0.2, 0.25) is 0 Å². The second-order valence-electron chi connectivity index (χ2n) is 6.37. The second-order valence-corrected chi connectivity index (χ2v) is 6.37. The minimum Gasteiger partial charge on any atom is -0.382 e. The van der Waals surface area contributed by atoms with Crippen LogP contribution in [0.15, 0.2) is 54.6 Å². The summed E-state index contributed by atoms with van der Waals surface area (Å²) >= 11 is 0. The van der Waals surface area contributed by atoms with Crippen LogP contribution in [0.1, 0.15) is 24.0 Å². The van der Waals surface area contributed by atoms with Crippen molar-refractivity contribution in [3.63, 3.8) is 0 Å². The number of piperidine rings is 1. The Hall–Kier alpha value is -1.80. The first kappa shape index (κ1) is 15.1. The van der Waals surface area contributed by atoms with E-state index < -0.39 is 0 Å². The van der Waals surface area contributed by atoms with E-state index in [2.05, 4.69) is 71.7 Å². The molecule has 0 aromatic heterocycles. The van der Waals surface area contributed by atoms with E-state index in [1.165, 1.54) is 49.3 Å². The maximum Gasteiger partial charge on any atom is 0.0344 e. The largest absolute Gasteiger partial charge is 0.382 e. The maximum absolute atomic E-state index is 3.69. The Balaban J connectivity index is 1.42. The van der Waals surface area contributed by atoms with E-state index in [1.54, 1.807) is 0 Å². The Morgan fingerprint density at radius 1 is 1.00 bits per heavy atom. The molecule has 2 nitrogen and oxygen atoms in total. The van der Waals surface area contributed by atoms with Crippen LogP contribution < -0.4 is 5.32 Å². The lowest BCUT2D eigenvalue weighted by atomic mass is 10.0. The summed E-state index contributed by atoms with van der Waals surface area (Å²) in [5.74, 6) is 0. The van der Waals surface area contributed by atoms with Gasteiger partial charge in [-0.3, -0.25) is 0 Å². The first-order chi connectivity index (χ1) is 10.8. The monoisotopic (exact) mass is 294 g/mol. The highest BCUT2D eigenvalue weighted by atomic mass is 15.1. The average Bonchev–Trinajstić information content (AvgIpc) is 2.55. The Labute approximate surface area is 134 Å². The zero-order chi connectivity index (χ0) is 15.2. The number of benzene rings is 2. The minimum absolute atomic E-state index is 0.620. The smallest absolute Gasteiger partial charge is 0.0344 e. The number of rotatable bonds is 5. The Morgan fingerprint density at radius 2 is 1.77 bits per heavy atom. The van der Waals surface area contributed by atoms with Crippen molar-refractivity contribution in [1.82, 2.24) is 4.90 Å². The van der Waals surface area contributed by atoms with E-state index in [1.807, 2.05) is 0 Å². The van der Waals surface area contributed by atoms with E-state index in [0.29, 0.717) is 6.04 Å². The first-order valence-electron chi connectivity index (χ1n) is 8.39. The number of hydrogen-bond acceptors (Lipinski definition) is 2. The third kappa shape index (κ3) is 4.35. The molecule has 0 radical (unpaired) electrons. The predicted molar refractivity (Wildman–Crippen MR) is 94.4 cm³/mol. The summed E-state index contributed by atoms with van der Waals surface area (Å²) in [4.78, 5) is 2.60. The normalized spacial score (nSPS) is 16.6. The Morgan fingerprint density at radius 3 is 2.50 bits per heavy atom. The van der Waals surface area contributed by atoms with Crippen molar-refractivity contribution in [2.45, 2.75) is 32.2 Å². The van der Waals surface area contributed by atoms with Gasteiger partial charge < -0.3 is 10.2 Å². The summed E-state index contributed by atoms with van der Waals surface area (Å²) in [5.41, 5.74) is 4.04. The van der Waals surface area contributed by atoms with Crippen LogP contribution in [0.3, 0.4) is 0 Å². The SMILES string of the molecule is Cc1cccc(NC2CCN(CCc3ccccc3)CC2)c1. The third-order valence-electron chi connectivity index (χ3n) is 4.54. The van der Waals surface area contributed by atoms with Crippen molar-refractivity contribution in [1.29, 1.82) is 0 Å². The molecule has 1 fully saturated rings. The molecule has 3 rings (SSSR count). The zero-order valence-corrected chi connectivity index (χ0v) is 13.5. The van der Waals surface area contributed by atoms with Gasteiger partial charge in [-0.25, -0.2) is 0 Å². The molecule has 0 atom stereocenters. The number of aryl methyl sites for hydroxylation is 1. The number of nitrogens with zero attached hydrogens (tertiary/aromatic N) is 1. The molecular weight excluding hydrogens is 268 g/mol. The van der Waals surface area contributed by atoms with Crippen LogP contribution in [0.25, 0.3) is 0 Å². The van der Waals surface area contributed by atoms with Gasteiger partial charge in [-0.2, -0.15) is 0 Å². The molecule has 22 heavy (non-hydrogen) atoms. The quantitative estimate of drug-likeness (QED) is 0.892. The molecule has 0 amide bonds. The highest BCUT2D eigenvalue weighted by molar-refractivity contribution is 5.46. The van der Waals surface area contributed by atoms with Gasteiger partial charge in [0.1, 0.15) is 0 Å². The summed E-state index contributed by atoms with van der Waals surface area (Å²) in [6.07, 6.45) is 3.64. The van der Waals surface area contributed by atoms with Crippen molar-refractivity contribution >= 4 is 5.69 Å². The summed E-state index contributed by atoms with van der Waals surface area (Å²) in [6, 6.07) is 20.1. The summed E-state index contributed by atoms with van der Waals surface area (Å²) in [6.45, 7) is 5.74.